The van der Waals surface area contributed by atoms with Crippen LogP contribution in [0.2, 0.25) is 0 Å². The zero-order valence-corrected chi connectivity index (χ0v) is 32.2. The van der Waals surface area contributed by atoms with Crippen molar-refractivity contribution in [3.63, 3.8) is 0 Å². The minimum Gasteiger partial charge on any atom is -0.333 e. The highest BCUT2D eigenvalue weighted by molar-refractivity contribution is 6.06. The minimum absolute atomic E-state index is 0.111. The molecule has 0 amide bonds. The van der Waals surface area contributed by atoms with Gasteiger partial charge in [0.05, 0.1) is 17.3 Å². The van der Waals surface area contributed by atoms with Crippen LogP contribution in [0.1, 0.15) is 53.6 Å². The van der Waals surface area contributed by atoms with Gasteiger partial charge in [0, 0.05) is 39.3 Å². The van der Waals surface area contributed by atoms with Crippen molar-refractivity contribution < 1.29 is 0 Å². The van der Waals surface area contributed by atoms with E-state index in [9.17, 15) is 0 Å². The second-order valence-electron chi connectivity index (χ2n) is 16.1. The summed E-state index contributed by atoms with van der Waals surface area (Å²) in [5.74, 6) is 0.196. The van der Waals surface area contributed by atoms with Crippen molar-refractivity contribution in [3.05, 3.63) is 234 Å². The Labute approximate surface area is 335 Å². The fourth-order valence-electron chi connectivity index (χ4n) is 10.0. The van der Waals surface area contributed by atoms with E-state index >= 15 is 0 Å². The maximum absolute atomic E-state index is 2.61. The molecule has 1 aliphatic heterocycles. The zero-order valence-electron chi connectivity index (χ0n) is 32.2. The Morgan fingerprint density at radius 3 is 1.67 bits per heavy atom. The summed E-state index contributed by atoms with van der Waals surface area (Å²) in [5.41, 5.74) is 18.9. The highest BCUT2D eigenvalue weighted by atomic mass is 15.2. The second kappa shape index (κ2) is 13.1. The molecule has 2 heteroatoms. The molecule has 8 aromatic carbocycles. The lowest BCUT2D eigenvalue weighted by Crippen LogP contribution is -2.23. The SMILES string of the molecule is CC1(C)c2cc(N3c4ccccc4C(c4ccccc4)C3c3ccccc3)ccc2-c2ccc(-n3c(-c4ccccc4)c(-c4ccccc4)c4ccccc43)cc21. The first-order valence-electron chi connectivity index (χ1n) is 20.1. The second-order valence-corrected chi connectivity index (χ2v) is 16.1. The Bertz CT molecular complexity index is 2920. The van der Waals surface area contributed by atoms with Crippen LogP contribution < -0.4 is 4.90 Å². The molecule has 2 aliphatic rings. The van der Waals surface area contributed by atoms with Gasteiger partial charge in [0.25, 0.3) is 0 Å². The molecule has 0 fully saturated rings. The molecule has 2 nitrogen and oxygen atoms in total. The molecule has 272 valence electrons. The predicted octanol–water partition coefficient (Wildman–Crippen LogP) is 14.3. The van der Waals surface area contributed by atoms with Gasteiger partial charge in [-0.1, -0.05) is 184 Å². The molecule has 0 saturated carbocycles. The number of fused-ring (bicyclic) bond motifs is 5. The number of para-hydroxylation sites is 2. The molecule has 0 radical (unpaired) electrons. The maximum Gasteiger partial charge on any atom is 0.0701 e. The maximum atomic E-state index is 2.61. The Morgan fingerprint density at radius 2 is 0.982 bits per heavy atom. The largest absolute Gasteiger partial charge is 0.333 e. The van der Waals surface area contributed by atoms with Gasteiger partial charge < -0.3 is 9.47 Å². The van der Waals surface area contributed by atoms with Crippen molar-refractivity contribution in [3.8, 4) is 39.2 Å². The van der Waals surface area contributed by atoms with Crippen LogP contribution in [0.15, 0.2) is 206 Å². The van der Waals surface area contributed by atoms with E-state index in [4.69, 9.17) is 0 Å². The fraction of sp³-hybridized carbons (Fsp3) is 0.0909. The van der Waals surface area contributed by atoms with Crippen LogP contribution in [0.5, 0.6) is 0 Å². The number of anilines is 2. The molecular formula is C55H42N2. The molecule has 0 bridgehead atoms. The smallest absolute Gasteiger partial charge is 0.0701 e. The molecule has 11 rings (SSSR count). The monoisotopic (exact) mass is 730 g/mol. The average Bonchev–Trinajstić information content (AvgIpc) is 3.88. The van der Waals surface area contributed by atoms with Gasteiger partial charge in [-0.05, 0) is 86.5 Å². The van der Waals surface area contributed by atoms with E-state index in [-0.39, 0.29) is 17.4 Å². The van der Waals surface area contributed by atoms with Crippen LogP contribution in [0.3, 0.4) is 0 Å². The highest BCUT2D eigenvalue weighted by Crippen LogP contribution is 2.57. The molecule has 57 heavy (non-hydrogen) atoms. The summed E-state index contributed by atoms with van der Waals surface area (Å²) in [5, 5.41) is 1.25. The number of nitrogens with zero attached hydrogens (tertiary/aromatic N) is 2. The fourth-order valence-corrected chi connectivity index (χ4v) is 10.0. The van der Waals surface area contributed by atoms with Crippen LogP contribution in [0.4, 0.5) is 11.4 Å². The van der Waals surface area contributed by atoms with Gasteiger partial charge in [0.1, 0.15) is 0 Å². The van der Waals surface area contributed by atoms with Gasteiger partial charge >= 0.3 is 0 Å². The third-order valence-electron chi connectivity index (χ3n) is 12.6. The number of benzene rings is 8. The molecule has 2 atom stereocenters. The lowest BCUT2D eigenvalue weighted by molar-refractivity contribution is 0.649. The topological polar surface area (TPSA) is 8.17 Å². The first kappa shape index (κ1) is 33.4. The van der Waals surface area contributed by atoms with Crippen molar-refractivity contribution in [2.75, 3.05) is 4.90 Å². The summed E-state index contributed by atoms with van der Waals surface area (Å²) in [6, 6.07) is 76.3. The van der Waals surface area contributed by atoms with Crippen molar-refractivity contribution in [1.29, 1.82) is 0 Å². The summed E-state index contributed by atoms with van der Waals surface area (Å²) >= 11 is 0. The van der Waals surface area contributed by atoms with E-state index in [1.54, 1.807) is 0 Å². The van der Waals surface area contributed by atoms with Crippen molar-refractivity contribution in [2.45, 2.75) is 31.2 Å². The number of rotatable bonds is 6. The Hall–Kier alpha value is -6.90. The van der Waals surface area contributed by atoms with Crippen molar-refractivity contribution >= 4 is 22.3 Å². The summed E-state index contributed by atoms with van der Waals surface area (Å²) in [4.78, 5) is 2.61. The molecule has 9 aromatic rings. The van der Waals surface area contributed by atoms with E-state index in [0.29, 0.717) is 0 Å². The number of aromatic nitrogens is 1. The van der Waals surface area contributed by atoms with Crippen LogP contribution in [0, 0.1) is 0 Å². The Kier molecular flexibility index (Phi) is 7.69. The van der Waals surface area contributed by atoms with E-state index in [2.05, 4.69) is 230 Å². The van der Waals surface area contributed by atoms with Gasteiger partial charge in [0.2, 0.25) is 0 Å². The molecule has 2 unspecified atom stereocenters. The van der Waals surface area contributed by atoms with Gasteiger partial charge in [-0.2, -0.15) is 0 Å². The van der Waals surface area contributed by atoms with E-state index in [1.165, 1.54) is 89.3 Å². The Balaban J connectivity index is 1.07. The molecule has 1 aromatic heterocycles. The molecule has 0 N–H and O–H groups in total. The van der Waals surface area contributed by atoms with Gasteiger partial charge in [-0.25, -0.2) is 0 Å². The lowest BCUT2D eigenvalue weighted by atomic mass is 9.82. The number of hydrogen-bond donors (Lipinski definition) is 0. The van der Waals surface area contributed by atoms with Crippen LogP contribution in [-0.2, 0) is 5.41 Å². The van der Waals surface area contributed by atoms with Crippen molar-refractivity contribution in [2.24, 2.45) is 0 Å². The minimum atomic E-state index is -0.227. The average molecular weight is 731 g/mol. The highest BCUT2D eigenvalue weighted by Gasteiger charge is 2.42. The van der Waals surface area contributed by atoms with Gasteiger partial charge in [-0.15, -0.1) is 0 Å². The normalized spacial score (nSPS) is 16.4. The summed E-state index contributed by atoms with van der Waals surface area (Å²) < 4.78 is 2.49. The predicted molar refractivity (Wildman–Crippen MR) is 238 cm³/mol. The van der Waals surface area contributed by atoms with Crippen molar-refractivity contribution in [1.82, 2.24) is 4.57 Å². The third-order valence-corrected chi connectivity index (χ3v) is 12.6. The molecule has 1 aliphatic carbocycles. The summed E-state index contributed by atoms with van der Waals surface area (Å²) in [6.07, 6.45) is 0. The molecular weight excluding hydrogens is 689 g/mol. The lowest BCUT2D eigenvalue weighted by Gasteiger charge is -2.32. The van der Waals surface area contributed by atoms with Crippen LogP contribution >= 0.6 is 0 Å². The van der Waals surface area contributed by atoms with E-state index < -0.39 is 0 Å². The van der Waals surface area contributed by atoms with E-state index in [0.717, 1.165) is 0 Å². The third kappa shape index (κ3) is 5.17. The van der Waals surface area contributed by atoms with E-state index in [1.807, 2.05) is 0 Å². The Morgan fingerprint density at radius 1 is 0.456 bits per heavy atom. The molecule has 0 saturated heterocycles. The first-order valence-corrected chi connectivity index (χ1v) is 20.1. The van der Waals surface area contributed by atoms with Gasteiger partial charge in [-0.3, -0.25) is 0 Å². The van der Waals surface area contributed by atoms with Crippen LogP contribution in [-0.4, -0.2) is 4.57 Å². The molecule has 2 heterocycles. The standard InChI is InChI=1S/C55H42N2/c1-55(2)47-35-41(56-49-29-17-15-27-45(49)51(37-19-7-3-8-20-37)53(56)39-23-11-5-12-24-39)31-33-43(47)44-34-32-42(36-48(44)55)57-50-30-18-16-28-46(50)52(38-21-9-4-10-22-38)54(57)40-25-13-6-14-26-40/h3-36,51,53H,1-2H3. The zero-order chi connectivity index (χ0) is 38.1. The first-order chi connectivity index (χ1) is 28.1. The summed E-state index contributed by atoms with van der Waals surface area (Å²) in [7, 11) is 0. The summed E-state index contributed by atoms with van der Waals surface area (Å²) in [6.45, 7) is 4.82. The number of hydrogen-bond acceptors (Lipinski definition) is 1. The van der Waals surface area contributed by atoms with Crippen LogP contribution in [0.25, 0.3) is 50.1 Å². The van der Waals surface area contributed by atoms with Gasteiger partial charge in [0.15, 0.2) is 0 Å². The quantitative estimate of drug-likeness (QED) is 0.165. The molecule has 0 spiro atoms.